The third-order valence-electron chi connectivity index (χ3n) is 3.05. The van der Waals surface area contributed by atoms with Crippen molar-refractivity contribution >= 4 is 0 Å². The average molecular weight is 185 g/mol. The zero-order valence-corrected chi connectivity index (χ0v) is 9.00. The maximum atomic E-state index is 9.72. The molecule has 0 bridgehead atoms. The zero-order chi connectivity index (χ0) is 9.68. The molecular formula is C11H23NO. The van der Waals surface area contributed by atoms with Crippen LogP contribution in [0.25, 0.3) is 0 Å². The van der Waals surface area contributed by atoms with E-state index < -0.39 is 0 Å². The van der Waals surface area contributed by atoms with E-state index in [0.29, 0.717) is 5.92 Å². The molecule has 0 heterocycles. The van der Waals surface area contributed by atoms with Gasteiger partial charge in [0.15, 0.2) is 0 Å². The first kappa shape index (κ1) is 11.0. The quantitative estimate of drug-likeness (QED) is 0.723. The first-order valence-corrected chi connectivity index (χ1v) is 5.53. The second-order valence-electron chi connectivity index (χ2n) is 4.56. The minimum atomic E-state index is -0.00378. The van der Waals surface area contributed by atoms with Gasteiger partial charge in [-0.15, -0.1) is 0 Å². The molecule has 1 N–H and O–H groups in total. The van der Waals surface area contributed by atoms with Crippen molar-refractivity contribution < 1.29 is 5.11 Å². The van der Waals surface area contributed by atoms with Gasteiger partial charge in [-0.2, -0.15) is 0 Å². The number of hydrogen-bond donors (Lipinski definition) is 1. The van der Waals surface area contributed by atoms with E-state index in [1.54, 1.807) is 0 Å². The van der Waals surface area contributed by atoms with Gasteiger partial charge in [0.2, 0.25) is 0 Å². The highest BCUT2D eigenvalue weighted by molar-refractivity contribution is 4.74. The van der Waals surface area contributed by atoms with Crippen molar-refractivity contribution in [3.8, 4) is 0 Å². The van der Waals surface area contributed by atoms with Crippen molar-refractivity contribution in [3.05, 3.63) is 0 Å². The Balaban J connectivity index is 2.11. The van der Waals surface area contributed by atoms with E-state index in [1.165, 1.54) is 32.1 Å². The molecule has 1 rings (SSSR count). The zero-order valence-electron chi connectivity index (χ0n) is 9.00. The molecule has 2 nitrogen and oxygen atoms in total. The third kappa shape index (κ3) is 4.10. The van der Waals surface area contributed by atoms with Gasteiger partial charge >= 0.3 is 0 Å². The summed E-state index contributed by atoms with van der Waals surface area (Å²) in [5.74, 6) is 0.591. The van der Waals surface area contributed by atoms with Gasteiger partial charge in [-0.1, -0.05) is 12.8 Å². The first-order chi connectivity index (χ1) is 6.20. The van der Waals surface area contributed by atoms with Crippen LogP contribution < -0.4 is 0 Å². The standard InChI is InChI=1S/C11H23NO/c1-12(2)9-5-7-10-6-3-4-8-11(10)13/h10-11,13H,3-9H2,1-2H3/t10-,11+/m0/s1. The number of nitrogens with zero attached hydrogens (tertiary/aromatic N) is 1. The predicted octanol–water partition coefficient (Wildman–Crippen LogP) is 1.88. The summed E-state index contributed by atoms with van der Waals surface area (Å²) in [5.41, 5.74) is 0. The summed E-state index contributed by atoms with van der Waals surface area (Å²) >= 11 is 0. The fraction of sp³-hybridized carbons (Fsp3) is 1.00. The summed E-state index contributed by atoms with van der Waals surface area (Å²) in [6, 6.07) is 0. The van der Waals surface area contributed by atoms with Gasteiger partial charge in [-0.3, -0.25) is 0 Å². The highest BCUT2D eigenvalue weighted by atomic mass is 16.3. The Kier molecular flexibility index (Phi) is 4.74. The number of rotatable bonds is 4. The van der Waals surface area contributed by atoms with E-state index in [9.17, 15) is 5.11 Å². The lowest BCUT2D eigenvalue weighted by Gasteiger charge is -2.27. The second-order valence-corrected chi connectivity index (χ2v) is 4.56. The minimum absolute atomic E-state index is 0.00378. The van der Waals surface area contributed by atoms with E-state index in [1.807, 2.05) is 0 Å². The van der Waals surface area contributed by atoms with E-state index in [-0.39, 0.29) is 6.10 Å². The van der Waals surface area contributed by atoms with Crippen LogP contribution in [0.3, 0.4) is 0 Å². The van der Waals surface area contributed by atoms with Crippen molar-refractivity contribution in [3.63, 3.8) is 0 Å². The molecule has 78 valence electrons. The predicted molar refractivity (Wildman–Crippen MR) is 55.8 cm³/mol. The van der Waals surface area contributed by atoms with Crippen molar-refractivity contribution in [1.29, 1.82) is 0 Å². The van der Waals surface area contributed by atoms with Crippen molar-refractivity contribution in [1.82, 2.24) is 4.90 Å². The smallest absolute Gasteiger partial charge is 0.0568 e. The molecule has 0 unspecified atom stereocenters. The summed E-state index contributed by atoms with van der Waals surface area (Å²) < 4.78 is 0. The summed E-state index contributed by atoms with van der Waals surface area (Å²) in [5, 5.41) is 9.72. The SMILES string of the molecule is CN(C)CCC[C@@H]1CCCC[C@H]1O. The maximum Gasteiger partial charge on any atom is 0.0568 e. The summed E-state index contributed by atoms with van der Waals surface area (Å²) in [6.45, 7) is 1.16. The fourth-order valence-corrected chi connectivity index (χ4v) is 2.19. The lowest BCUT2D eigenvalue weighted by atomic mass is 9.83. The summed E-state index contributed by atoms with van der Waals surface area (Å²) in [4.78, 5) is 2.22. The maximum absolute atomic E-state index is 9.72. The molecule has 0 spiro atoms. The number of hydrogen-bond acceptors (Lipinski definition) is 2. The molecule has 1 saturated carbocycles. The average Bonchev–Trinajstić information content (AvgIpc) is 2.08. The molecule has 0 aliphatic heterocycles. The fourth-order valence-electron chi connectivity index (χ4n) is 2.19. The van der Waals surface area contributed by atoms with Crippen LogP contribution in [0.2, 0.25) is 0 Å². The molecule has 1 aliphatic rings. The number of aliphatic hydroxyl groups excluding tert-OH is 1. The van der Waals surface area contributed by atoms with E-state index in [4.69, 9.17) is 0 Å². The molecule has 0 radical (unpaired) electrons. The van der Waals surface area contributed by atoms with Crippen molar-refractivity contribution in [2.45, 2.75) is 44.6 Å². The topological polar surface area (TPSA) is 23.5 Å². The Morgan fingerprint density at radius 3 is 2.54 bits per heavy atom. The van der Waals surface area contributed by atoms with Gasteiger partial charge in [-0.05, 0) is 52.2 Å². The molecule has 13 heavy (non-hydrogen) atoms. The minimum Gasteiger partial charge on any atom is -0.393 e. The molecular weight excluding hydrogens is 162 g/mol. The summed E-state index contributed by atoms with van der Waals surface area (Å²) in [7, 11) is 4.22. The number of aliphatic hydroxyl groups is 1. The lowest BCUT2D eigenvalue weighted by molar-refractivity contribution is 0.0632. The highest BCUT2D eigenvalue weighted by Gasteiger charge is 2.22. The van der Waals surface area contributed by atoms with Crippen LogP contribution >= 0.6 is 0 Å². The Morgan fingerprint density at radius 1 is 1.23 bits per heavy atom. The van der Waals surface area contributed by atoms with Crippen LogP contribution in [0.15, 0.2) is 0 Å². The third-order valence-corrected chi connectivity index (χ3v) is 3.05. The Bertz CT molecular complexity index is 136. The Morgan fingerprint density at radius 2 is 1.92 bits per heavy atom. The second kappa shape index (κ2) is 5.61. The van der Waals surface area contributed by atoms with Crippen LogP contribution in [0.4, 0.5) is 0 Å². The molecule has 2 heteroatoms. The molecule has 0 saturated heterocycles. The van der Waals surface area contributed by atoms with Crippen LogP contribution in [-0.4, -0.2) is 36.8 Å². The lowest BCUT2D eigenvalue weighted by Crippen LogP contribution is -2.25. The molecule has 0 amide bonds. The van der Waals surface area contributed by atoms with Gasteiger partial charge in [-0.25, -0.2) is 0 Å². The largest absolute Gasteiger partial charge is 0.393 e. The molecule has 1 aliphatic carbocycles. The van der Waals surface area contributed by atoms with E-state index in [2.05, 4.69) is 19.0 Å². The van der Waals surface area contributed by atoms with Gasteiger partial charge in [0.25, 0.3) is 0 Å². The highest BCUT2D eigenvalue weighted by Crippen LogP contribution is 2.27. The van der Waals surface area contributed by atoms with Crippen LogP contribution in [0, 0.1) is 5.92 Å². The van der Waals surface area contributed by atoms with Gasteiger partial charge in [0.1, 0.15) is 0 Å². The van der Waals surface area contributed by atoms with Crippen LogP contribution in [0.1, 0.15) is 38.5 Å². The van der Waals surface area contributed by atoms with Crippen LogP contribution in [0.5, 0.6) is 0 Å². The first-order valence-electron chi connectivity index (χ1n) is 5.53. The van der Waals surface area contributed by atoms with Crippen molar-refractivity contribution in [2.24, 2.45) is 5.92 Å². The Hall–Kier alpha value is -0.0800. The van der Waals surface area contributed by atoms with Gasteiger partial charge in [0.05, 0.1) is 6.10 Å². The molecule has 0 aromatic rings. The molecule has 0 aromatic heterocycles. The van der Waals surface area contributed by atoms with E-state index in [0.717, 1.165) is 13.0 Å². The summed E-state index contributed by atoms with van der Waals surface area (Å²) in [6.07, 6.45) is 7.26. The van der Waals surface area contributed by atoms with E-state index >= 15 is 0 Å². The monoisotopic (exact) mass is 185 g/mol. The normalized spacial score (nSPS) is 29.5. The molecule has 1 fully saturated rings. The van der Waals surface area contributed by atoms with Gasteiger partial charge < -0.3 is 10.0 Å². The van der Waals surface area contributed by atoms with Crippen molar-refractivity contribution in [2.75, 3.05) is 20.6 Å². The Labute approximate surface area is 81.9 Å². The van der Waals surface area contributed by atoms with Crippen LogP contribution in [-0.2, 0) is 0 Å². The molecule has 2 atom stereocenters. The molecule has 0 aromatic carbocycles. The van der Waals surface area contributed by atoms with Gasteiger partial charge in [0, 0.05) is 0 Å².